The topological polar surface area (TPSA) is 75.3 Å². The molecule has 0 bridgehead atoms. The van der Waals surface area contributed by atoms with Crippen LogP contribution in [0.2, 0.25) is 0 Å². The van der Waals surface area contributed by atoms with E-state index < -0.39 is 5.97 Å². The SMILES string of the molecule is O=C(O)c1cnn(-c2cccc3c(O)cccc23)c1. The molecule has 0 saturated heterocycles. The molecule has 0 aliphatic carbocycles. The number of carbonyl (C=O) groups is 1. The van der Waals surface area contributed by atoms with E-state index in [1.165, 1.54) is 17.1 Å². The average molecular weight is 254 g/mol. The lowest BCUT2D eigenvalue weighted by atomic mass is 10.1. The van der Waals surface area contributed by atoms with Gasteiger partial charge in [0.25, 0.3) is 0 Å². The Balaban J connectivity index is 2.24. The first-order chi connectivity index (χ1) is 9.16. The first kappa shape index (κ1) is 11.3. The molecule has 94 valence electrons. The number of rotatable bonds is 2. The third-order valence-electron chi connectivity index (χ3n) is 2.95. The van der Waals surface area contributed by atoms with Crippen molar-refractivity contribution >= 4 is 16.7 Å². The van der Waals surface area contributed by atoms with Gasteiger partial charge in [0.1, 0.15) is 5.75 Å². The van der Waals surface area contributed by atoms with Crippen molar-refractivity contribution in [3.63, 3.8) is 0 Å². The third-order valence-corrected chi connectivity index (χ3v) is 2.95. The largest absolute Gasteiger partial charge is 0.507 e. The second kappa shape index (κ2) is 4.13. The van der Waals surface area contributed by atoms with Gasteiger partial charge in [0.2, 0.25) is 0 Å². The van der Waals surface area contributed by atoms with Crippen LogP contribution in [0.4, 0.5) is 0 Å². The molecule has 2 N–H and O–H groups in total. The Morgan fingerprint density at radius 2 is 1.84 bits per heavy atom. The molecule has 0 unspecified atom stereocenters. The standard InChI is InChI=1S/C14H10N2O3/c17-13-6-2-3-10-11(13)4-1-5-12(10)16-8-9(7-15-16)14(18)19/h1-8,17H,(H,18,19). The Labute approximate surface area is 108 Å². The van der Waals surface area contributed by atoms with E-state index in [2.05, 4.69) is 5.10 Å². The summed E-state index contributed by atoms with van der Waals surface area (Å²) in [5, 5.41) is 24.3. The monoisotopic (exact) mass is 254 g/mol. The van der Waals surface area contributed by atoms with Crippen molar-refractivity contribution in [3.05, 3.63) is 54.4 Å². The molecule has 0 aliphatic heterocycles. The number of benzene rings is 2. The van der Waals surface area contributed by atoms with Crippen LogP contribution in [0, 0.1) is 0 Å². The van der Waals surface area contributed by atoms with Crippen molar-refractivity contribution in [1.82, 2.24) is 9.78 Å². The predicted molar refractivity (Wildman–Crippen MR) is 69.7 cm³/mol. The van der Waals surface area contributed by atoms with Gasteiger partial charge in [-0.3, -0.25) is 0 Å². The Kier molecular flexibility index (Phi) is 2.45. The van der Waals surface area contributed by atoms with Gasteiger partial charge >= 0.3 is 5.97 Å². The fourth-order valence-electron chi connectivity index (χ4n) is 2.04. The molecule has 3 aromatic rings. The molecule has 0 saturated carbocycles. The van der Waals surface area contributed by atoms with Gasteiger partial charge in [-0.1, -0.05) is 24.3 Å². The van der Waals surface area contributed by atoms with Crippen molar-refractivity contribution in [2.45, 2.75) is 0 Å². The molecular weight excluding hydrogens is 244 g/mol. The first-order valence-electron chi connectivity index (χ1n) is 5.66. The highest BCUT2D eigenvalue weighted by Gasteiger charge is 2.10. The molecule has 0 aliphatic rings. The summed E-state index contributed by atoms with van der Waals surface area (Å²) in [5.74, 6) is -0.834. The van der Waals surface area contributed by atoms with Gasteiger partial charge < -0.3 is 10.2 Å². The lowest BCUT2D eigenvalue weighted by molar-refractivity contribution is 0.0697. The van der Waals surface area contributed by atoms with E-state index in [1.54, 1.807) is 24.3 Å². The lowest BCUT2D eigenvalue weighted by Gasteiger charge is -2.07. The van der Waals surface area contributed by atoms with Crippen molar-refractivity contribution in [2.24, 2.45) is 0 Å². The smallest absolute Gasteiger partial charge is 0.338 e. The minimum absolute atomic E-state index is 0.122. The normalized spacial score (nSPS) is 10.7. The number of carboxylic acids is 1. The van der Waals surface area contributed by atoms with Gasteiger partial charge in [-0.2, -0.15) is 5.10 Å². The van der Waals surface area contributed by atoms with Crippen LogP contribution in [0.3, 0.4) is 0 Å². The fraction of sp³-hybridized carbons (Fsp3) is 0. The number of aromatic nitrogens is 2. The highest BCUT2D eigenvalue weighted by Crippen LogP contribution is 2.28. The summed E-state index contributed by atoms with van der Waals surface area (Å²) in [5.41, 5.74) is 0.845. The molecule has 0 amide bonds. The molecule has 19 heavy (non-hydrogen) atoms. The number of carboxylic acid groups (broad SMARTS) is 1. The predicted octanol–water partition coefficient (Wildman–Crippen LogP) is 2.43. The number of aromatic hydroxyl groups is 1. The molecular formula is C14H10N2O3. The summed E-state index contributed by atoms with van der Waals surface area (Å²) in [7, 11) is 0. The van der Waals surface area contributed by atoms with E-state index in [1.807, 2.05) is 12.1 Å². The summed E-state index contributed by atoms with van der Waals surface area (Å²) in [6.45, 7) is 0. The van der Waals surface area contributed by atoms with Crippen LogP contribution in [-0.2, 0) is 0 Å². The summed E-state index contributed by atoms with van der Waals surface area (Å²) in [6.07, 6.45) is 2.74. The molecule has 0 atom stereocenters. The van der Waals surface area contributed by atoms with E-state index >= 15 is 0 Å². The number of fused-ring (bicyclic) bond motifs is 1. The van der Waals surface area contributed by atoms with Crippen LogP contribution < -0.4 is 0 Å². The fourth-order valence-corrected chi connectivity index (χ4v) is 2.04. The zero-order valence-electron chi connectivity index (χ0n) is 9.82. The molecule has 0 spiro atoms. The van der Waals surface area contributed by atoms with Gasteiger partial charge in [-0.15, -0.1) is 0 Å². The number of nitrogens with zero attached hydrogens (tertiary/aromatic N) is 2. The van der Waals surface area contributed by atoms with E-state index in [4.69, 9.17) is 5.11 Å². The number of hydrogen-bond donors (Lipinski definition) is 2. The van der Waals surface area contributed by atoms with Crippen LogP contribution in [0.1, 0.15) is 10.4 Å². The van der Waals surface area contributed by atoms with Crippen LogP contribution in [0.5, 0.6) is 5.75 Å². The Bertz CT molecular complexity index is 777. The van der Waals surface area contributed by atoms with Crippen molar-refractivity contribution in [1.29, 1.82) is 0 Å². The second-order valence-corrected chi connectivity index (χ2v) is 4.13. The Morgan fingerprint density at radius 1 is 1.11 bits per heavy atom. The minimum Gasteiger partial charge on any atom is -0.507 e. The molecule has 2 aromatic carbocycles. The highest BCUT2D eigenvalue weighted by atomic mass is 16.4. The van der Waals surface area contributed by atoms with Crippen molar-refractivity contribution in [3.8, 4) is 11.4 Å². The van der Waals surface area contributed by atoms with E-state index in [-0.39, 0.29) is 11.3 Å². The van der Waals surface area contributed by atoms with Crippen LogP contribution in [-0.4, -0.2) is 26.0 Å². The zero-order valence-corrected chi connectivity index (χ0v) is 9.82. The van der Waals surface area contributed by atoms with E-state index in [9.17, 15) is 9.90 Å². The van der Waals surface area contributed by atoms with Crippen LogP contribution in [0.15, 0.2) is 48.8 Å². The van der Waals surface area contributed by atoms with Gasteiger partial charge in [0.15, 0.2) is 0 Å². The van der Waals surface area contributed by atoms with Gasteiger partial charge in [0, 0.05) is 17.0 Å². The number of aromatic carboxylic acids is 1. The molecule has 3 rings (SSSR count). The van der Waals surface area contributed by atoms with Gasteiger partial charge in [-0.25, -0.2) is 9.48 Å². The maximum Gasteiger partial charge on any atom is 0.338 e. The number of hydrogen-bond acceptors (Lipinski definition) is 3. The van der Waals surface area contributed by atoms with Crippen LogP contribution >= 0.6 is 0 Å². The lowest BCUT2D eigenvalue weighted by Crippen LogP contribution is -1.96. The van der Waals surface area contributed by atoms with Crippen LogP contribution in [0.25, 0.3) is 16.5 Å². The molecule has 0 radical (unpaired) electrons. The Morgan fingerprint density at radius 3 is 2.58 bits per heavy atom. The molecule has 5 nitrogen and oxygen atoms in total. The summed E-state index contributed by atoms with van der Waals surface area (Å²) >= 11 is 0. The Hall–Kier alpha value is -2.82. The summed E-state index contributed by atoms with van der Waals surface area (Å²) < 4.78 is 1.49. The number of phenols is 1. The second-order valence-electron chi connectivity index (χ2n) is 4.13. The van der Waals surface area contributed by atoms with Crippen molar-refractivity contribution < 1.29 is 15.0 Å². The molecule has 5 heteroatoms. The molecule has 1 heterocycles. The molecule has 0 fully saturated rings. The summed E-state index contributed by atoms with van der Waals surface area (Å²) in [4.78, 5) is 10.9. The maximum atomic E-state index is 10.9. The first-order valence-corrected chi connectivity index (χ1v) is 5.66. The zero-order chi connectivity index (χ0) is 13.4. The molecule has 1 aromatic heterocycles. The van der Waals surface area contributed by atoms with E-state index in [0.29, 0.717) is 5.39 Å². The van der Waals surface area contributed by atoms with Crippen molar-refractivity contribution in [2.75, 3.05) is 0 Å². The third kappa shape index (κ3) is 1.81. The summed E-state index contributed by atoms with van der Waals surface area (Å²) in [6, 6.07) is 10.6. The van der Waals surface area contributed by atoms with Gasteiger partial charge in [0.05, 0.1) is 17.4 Å². The van der Waals surface area contributed by atoms with E-state index in [0.717, 1.165) is 11.1 Å². The average Bonchev–Trinajstić information content (AvgIpc) is 2.88. The highest BCUT2D eigenvalue weighted by molar-refractivity contribution is 5.94. The minimum atomic E-state index is -1.02. The maximum absolute atomic E-state index is 10.9. The van der Waals surface area contributed by atoms with Gasteiger partial charge in [-0.05, 0) is 12.1 Å². The quantitative estimate of drug-likeness (QED) is 0.736. The number of phenolic OH excluding ortho intramolecular Hbond substituents is 1.